The largest absolute Gasteiger partial charge is 0.504 e. The highest BCUT2D eigenvalue weighted by Gasteiger charge is 2.08. The Morgan fingerprint density at radius 1 is 1.33 bits per heavy atom. The van der Waals surface area contributed by atoms with Gasteiger partial charge in [-0.3, -0.25) is 0 Å². The third-order valence-electron chi connectivity index (χ3n) is 2.93. The summed E-state index contributed by atoms with van der Waals surface area (Å²) in [7, 11) is 3.56. The Morgan fingerprint density at radius 3 is 2.89 bits per heavy atom. The molecule has 3 heteroatoms. The van der Waals surface area contributed by atoms with E-state index in [0.717, 1.165) is 5.56 Å². The van der Waals surface area contributed by atoms with Crippen molar-refractivity contribution < 1.29 is 9.84 Å². The van der Waals surface area contributed by atoms with Crippen molar-refractivity contribution in [1.29, 1.82) is 0 Å². The summed E-state index contributed by atoms with van der Waals surface area (Å²) in [5.74, 6) is 0.666. The lowest BCUT2D eigenvalue weighted by atomic mass is 10.1. The molecule has 0 saturated heterocycles. The van der Waals surface area contributed by atoms with Crippen molar-refractivity contribution in [2.24, 2.45) is 0 Å². The van der Waals surface area contributed by atoms with Crippen molar-refractivity contribution in [3.63, 3.8) is 0 Å². The van der Waals surface area contributed by atoms with E-state index in [2.05, 4.69) is 11.0 Å². The van der Waals surface area contributed by atoms with Crippen LogP contribution in [0, 0.1) is 0 Å². The van der Waals surface area contributed by atoms with Crippen molar-refractivity contribution in [3.8, 4) is 11.5 Å². The molecule has 0 aliphatic carbocycles. The molecule has 0 spiro atoms. The minimum atomic E-state index is 0.175. The lowest BCUT2D eigenvalue weighted by Crippen LogP contribution is -2.24. The first kappa shape index (κ1) is 12.3. The molecule has 1 aromatic rings. The number of hydrogen-bond acceptors (Lipinski definition) is 3. The zero-order chi connectivity index (χ0) is 13.0. The number of rotatable bonds is 3. The van der Waals surface area contributed by atoms with Crippen LogP contribution in [0.25, 0.3) is 6.08 Å². The Bertz CT molecular complexity index is 503. The van der Waals surface area contributed by atoms with Gasteiger partial charge in [0.2, 0.25) is 0 Å². The second kappa shape index (κ2) is 5.45. The molecule has 1 atom stereocenters. The van der Waals surface area contributed by atoms with Gasteiger partial charge in [-0.25, -0.2) is 0 Å². The summed E-state index contributed by atoms with van der Waals surface area (Å²) in [6.45, 7) is 0. The molecule has 0 bridgehead atoms. The van der Waals surface area contributed by atoms with Gasteiger partial charge in [-0.05, 0) is 18.3 Å². The van der Waals surface area contributed by atoms with Gasteiger partial charge >= 0.3 is 0 Å². The van der Waals surface area contributed by atoms with Crippen molar-refractivity contribution in [3.05, 3.63) is 54.3 Å². The number of nitrogens with zero attached hydrogens (tertiary/aromatic N) is 1. The first-order valence-electron chi connectivity index (χ1n) is 5.83. The van der Waals surface area contributed by atoms with Gasteiger partial charge in [0.25, 0.3) is 0 Å². The highest BCUT2D eigenvalue weighted by Crippen LogP contribution is 2.30. The summed E-state index contributed by atoms with van der Waals surface area (Å²) >= 11 is 0. The van der Waals surface area contributed by atoms with Crippen LogP contribution in [-0.2, 0) is 0 Å². The fourth-order valence-electron chi connectivity index (χ4n) is 1.84. The van der Waals surface area contributed by atoms with Crippen molar-refractivity contribution in [2.75, 3.05) is 14.2 Å². The SMILES string of the molecule is COc1cccc(/C=C/C2C=CC=CN2C)c1O. The van der Waals surface area contributed by atoms with E-state index < -0.39 is 0 Å². The lowest BCUT2D eigenvalue weighted by molar-refractivity contribution is 0.373. The predicted octanol–water partition coefficient (Wildman–Crippen LogP) is 2.80. The number of phenolic OH excluding ortho intramolecular Hbond substituents is 1. The Hall–Kier alpha value is -2.16. The third-order valence-corrected chi connectivity index (χ3v) is 2.93. The molecule has 0 fully saturated rings. The molecule has 1 N–H and O–H groups in total. The van der Waals surface area contributed by atoms with Gasteiger partial charge in [0.1, 0.15) is 0 Å². The monoisotopic (exact) mass is 243 g/mol. The fraction of sp³-hybridized carbons (Fsp3) is 0.200. The van der Waals surface area contributed by atoms with E-state index in [1.54, 1.807) is 13.2 Å². The Labute approximate surface area is 107 Å². The van der Waals surface area contributed by atoms with Crippen LogP contribution in [0.1, 0.15) is 5.56 Å². The van der Waals surface area contributed by atoms with Gasteiger partial charge in [0.05, 0.1) is 13.2 Å². The first-order valence-corrected chi connectivity index (χ1v) is 5.83. The standard InChI is InChI=1S/C15H17NO2/c1-16-11-4-3-7-13(16)10-9-12-6-5-8-14(18-2)15(12)17/h3-11,13,17H,1-2H3/b10-9+. The van der Waals surface area contributed by atoms with Crippen LogP contribution in [0.15, 0.2) is 48.7 Å². The maximum atomic E-state index is 9.96. The molecule has 1 heterocycles. The molecule has 0 saturated carbocycles. The molecule has 1 unspecified atom stereocenters. The normalized spacial score (nSPS) is 18.6. The number of allylic oxidation sites excluding steroid dienone is 2. The van der Waals surface area contributed by atoms with Crippen LogP contribution in [-0.4, -0.2) is 30.2 Å². The van der Waals surface area contributed by atoms with Crippen LogP contribution < -0.4 is 4.74 Å². The first-order chi connectivity index (χ1) is 8.72. The Kier molecular flexibility index (Phi) is 3.72. The summed E-state index contributed by atoms with van der Waals surface area (Å²) in [6.07, 6.45) is 12.1. The van der Waals surface area contributed by atoms with Gasteiger partial charge in [-0.15, -0.1) is 0 Å². The summed E-state index contributed by atoms with van der Waals surface area (Å²) in [4.78, 5) is 2.09. The highest BCUT2D eigenvalue weighted by molar-refractivity contribution is 5.62. The highest BCUT2D eigenvalue weighted by atomic mass is 16.5. The molecule has 3 nitrogen and oxygen atoms in total. The average molecular weight is 243 g/mol. The molecule has 94 valence electrons. The molecule has 1 aromatic carbocycles. The van der Waals surface area contributed by atoms with E-state index >= 15 is 0 Å². The molecule has 1 aliphatic heterocycles. The minimum absolute atomic E-state index is 0.175. The zero-order valence-electron chi connectivity index (χ0n) is 10.6. The Morgan fingerprint density at radius 2 is 2.17 bits per heavy atom. The fourth-order valence-corrected chi connectivity index (χ4v) is 1.84. The van der Waals surface area contributed by atoms with Gasteiger partial charge in [0, 0.05) is 12.6 Å². The quantitative estimate of drug-likeness (QED) is 0.886. The van der Waals surface area contributed by atoms with E-state index in [-0.39, 0.29) is 11.8 Å². The number of benzene rings is 1. The van der Waals surface area contributed by atoms with Crippen LogP contribution in [0.4, 0.5) is 0 Å². The van der Waals surface area contributed by atoms with E-state index in [1.807, 2.05) is 49.7 Å². The van der Waals surface area contributed by atoms with Crippen LogP contribution in [0.5, 0.6) is 11.5 Å². The predicted molar refractivity (Wildman–Crippen MR) is 73.5 cm³/mol. The number of phenols is 1. The topological polar surface area (TPSA) is 32.7 Å². The zero-order valence-corrected chi connectivity index (χ0v) is 10.6. The molecular weight excluding hydrogens is 226 g/mol. The second-order valence-electron chi connectivity index (χ2n) is 4.14. The summed E-state index contributed by atoms with van der Waals surface area (Å²) in [6, 6.07) is 5.66. The molecule has 1 aliphatic rings. The average Bonchev–Trinajstić information content (AvgIpc) is 2.39. The number of ether oxygens (including phenoxy) is 1. The number of hydrogen-bond donors (Lipinski definition) is 1. The molecule has 0 aromatic heterocycles. The van der Waals surface area contributed by atoms with Crippen LogP contribution in [0.2, 0.25) is 0 Å². The van der Waals surface area contributed by atoms with Crippen molar-refractivity contribution in [2.45, 2.75) is 6.04 Å². The number of para-hydroxylation sites is 1. The van der Waals surface area contributed by atoms with E-state index in [4.69, 9.17) is 4.74 Å². The molecule has 0 amide bonds. The van der Waals surface area contributed by atoms with Gasteiger partial charge in [-0.2, -0.15) is 0 Å². The molecule has 18 heavy (non-hydrogen) atoms. The van der Waals surface area contributed by atoms with E-state index in [0.29, 0.717) is 5.75 Å². The molecule has 2 rings (SSSR count). The van der Waals surface area contributed by atoms with Gasteiger partial charge < -0.3 is 14.7 Å². The second-order valence-corrected chi connectivity index (χ2v) is 4.14. The maximum Gasteiger partial charge on any atom is 0.165 e. The van der Waals surface area contributed by atoms with Gasteiger partial charge in [0.15, 0.2) is 11.5 Å². The van der Waals surface area contributed by atoms with E-state index in [1.165, 1.54) is 0 Å². The maximum absolute atomic E-state index is 9.96. The summed E-state index contributed by atoms with van der Waals surface area (Å²) in [5, 5.41) is 9.96. The van der Waals surface area contributed by atoms with Gasteiger partial charge in [-0.1, -0.05) is 36.4 Å². The van der Waals surface area contributed by atoms with E-state index in [9.17, 15) is 5.11 Å². The summed E-state index contributed by atoms with van der Waals surface area (Å²) in [5.41, 5.74) is 0.755. The van der Waals surface area contributed by atoms with Crippen molar-refractivity contribution >= 4 is 6.08 Å². The minimum Gasteiger partial charge on any atom is -0.504 e. The van der Waals surface area contributed by atoms with Crippen molar-refractivity contribution in [1.82, 2.24) is 4.90 Å². The smallest absolute Gasteiger partial charge is 0.165 e. The number of aromatic hydroxyl groups is 1. The van der Waals surface area contributed by atoms with Crippen LogP contribution in [0.3, 0.4) is 0 Å². The third kappa shape index (κ3) is 2.56. The molecular formula is C15H17NO2. The number of methoxy groups -OCH3 is 1. The summed E-state index contributed by atoms with van der Waals surface area (Å²) < 4.78 is 5.08. The lowest BCUT2D eigenvalue weighted by Gasteiger charge is -2.23. The van der Waals surface area contributed by atoms with Crippen LogP contribution >= 0.6 is 0 Å². The Balaban J connectivity index is 2.19. The molecule has 0 radical (unpaired) electrons. The number of likely N-dealkylation sites (N-methyl/N-ethyl adjacent to an activating group) is 1.